The molecule has 2 saturated heterocycles. The first-order valence-electron chi connectivity index (χ1n) is 13.6. The molecule has 0 spiro atoms. The van der Waals surface area contributed by atoms with Crippen LogP contribution in [-0.4, -0.2) is 84.8 Å². The summed E-state index contributed by atoms with van der Waals surface area (Å²) in [6.07, 6.45) is 0.950. The Bertz CT molecular complexity index is 1460. The molecule has 4 amide bonds. The molecule has 42 heavy (non-hydrogen) atoms. The summed E-state index contributed by atoms with van der Waals surface area (Å²) >= 11 is 0. The van der Waals surface area contributed by atoms with E-state index >= 15 is 0 Å². The largest absolute Gasteiger partial charge is 0.508 e. The molecule has 5 rings (SSSR count). The average molecular weight is 572 g/mol. The maximum absolute atomic E-state index is 14.0. The number of carbonyl (C=O) groups is 3. The Kier molecular flexibility index (Phi) is 8.30. The Morgan fingerprint density at radius 2 is 1.64 bits per heavy atom. The van der Waals surface area contributed by atoms with Gasteiger partial charge in [0.1, 0.15) is 18.0 Å². The van der Waals surface area contributed by atoms with Crippen molar-refractivity contribution >= 4 is 17.8 Å². The molecule has 3 aromatic rings. The normalized spacial score (nSPS) is 19.0. The van der Waals surface area contributed by atoms with E-state index < -0.39 is 18.2 Å². The summed E-state index contributed by atoms with van der Waals surface area (Å²) in [7, 11) is 0. The number of phenols is 3. The highest BCUT2D eigenvalue weighted by atomic mass is 16.3. The molecular formula is C31H33N5O6. The van der Waals surface area contributed by atoms with Gasteiger partial charge < -0.3 is 30.4 Å². The van der Waals surface area contributed by atoms with E-state index in [1.165, 1.54) is 34.2 Å². The lowest BCUT2D eigenvalue weighted by molar-refractivity contribution is -0.189. The van der Waals surface area contributed by atoms with Crippen LogP contribution in [0.1, 0.15) is 16.7 Å². The molecule has 0 saturated carbocycles. The van der Waals surface area contributed by atoms with E-state index in [2.05, 4.69) is 11.9 Å². The Hall–Kier alpha value is -5.03. The third-order valence-electron chi connectivity index (χ3n) is 7.44. The number of nitrogens with zero attached hydrogens (tertiary/aromatic N) is 4. The fourth-order valence-corrected chi connectivity index (χ4v) is 5.44. The number of fused-ring (bicyclic) bond motifs is 1. The van der Waals surface area contributed by atoms with Crippen LogP contribution in [0.5, 0.6) is 17.2 Å². The van der Waals surface area contributed by atoms with Gasteiger partial charge in [-0.2, -0.15) is 0 Å². The van der Waals surface area contributed by atoms with Crippen LogP contribution < -0.4 is 5.32 Å². The number of rotatable bonds is 8. The first-order chi connectivity index (χ1) is 20.2. The molecule has 2 fully saturated rings. The van der Waals surface area contributed by atoms with E-state index in [-0.39, 0.29) is 68.2 Å². The fourth-order valence-electron chi connectivity index (χ4n) is 5.44. The van der Waals surface area contributed by atoms with Crippen molar-refractivity contribution < 1.29 is 29.7 Å². The molecule has 3 aromatic carbocycles. The van der Waals surface area contributed by atoms with Crippen molar-refractivity contribution in [3.63, 3.8) is 0 Å². The van der Waals surface area contributed by atoms with Crippen molar-refractivity contribution in [1.29, 1.82) is 0 Å². The van der Waals surface area contributed by atoms with Gasteiger partial charge in [0, 0.05) is 26.1 Å². The van der Waals surface area contributed by atoms with E-state index in [0.717, 1.165) is 11.1 Å². The zero-order valence-corrected chi connectivity index (χ0v) is 23.0. The van der Waals surface area contributed by atoms with Crippen LogP contribution in [0.2, 0.25) is 0 Å². The first kappa shape index (κ1) is 28.5. The summed E-state index contributed by atoms with van der Waals surface area (Å²) in [4.78, 5) is 44.4. The average Bonchev–Trinajstić information content (AvgIpc) is 2.97. The molecule has 2 atom stereocenters. The molecule has 0 bridgehead atoms. The van der Waals surface area contributed by atoms with E-state index in [1.807, 2.05) is 30.3 Å². The summed E-state index contributed by atoms with van der Waals surface area (Å²) in [5.74, 6) is -1.13. The smallest absolute Gasteiger partial charge is 0.334 e. The minimum absolute atomic E-state index is 0.0185. The number of amides is 4. The Morgan fingerprint density at radius 1 is 0.929 bits per heavy atom. The number of hydrogen-bond acceptors (Lipinski definition) is 7. The first-order valence-corrected chi connectivity index (χ1v) is 13.6. The number of benzene rings is 3. The Morgan fingerprint density at radius 3 is 2.33 bits per heavy atom. The van der Waals surface area contributed by atoms with Crippen LogP contribution in [0, 0.1) is 0 Å². The summed E-state index contributed by atoms with van der Waals surface area (Å²) < 4.78 is 0. The van der Waals surface area contributed by atoms with Gasteiger partial charge in [-0.15, -0.1) is 6.58 Å². The standard InChI is InChI=1S/C31H33N5O6/c1-2-14-34-20-29(40)35-25(15-21-8-11-24(37)12-9-21)30(41)33(18-23-10-13-26(38)27(39)16-23)19-28(35)36(34)31(42)32-17-22-6-4-3-5-7-22/h2-13,16,25,28,37-39H,1,14-15,17-20H2,(H,32,42)/t25-,28?/m0/s1. The minimum Gasteiger partial charge on any atom is -0.508 e. The fraction of sp³-hybridized carbons (Fsp3) is 0.258. The van der Waals surface area contributed by atoms with Gasteiger partial charge in [0.05, 0.1) is 13.1 Å². The number of nitrogens with one attached hydrogen (secondary N) is 1. The van der Waals surface area contributed by atoms with Crippen LogP contribution in [-0.2, 0) is 29.1 Å². The van der Waals surface area contributed by atoms with Crippen molar-refractivity contribution in [2.45, 2.75) is 31.7 Å². The van der Waals surface area contributed by atoms with Crippen LogP contribution >= 0.6 is 0 Å². The summed E-state index contributed by atoms with van der Waals surface area (Å²) in [5, 5.41) is 35.6. The van der Waals surface area contributed by atoms with Crippen LogP contribution in [0.15, 0.2) is 85.5 Å². The van der Waals surface area contributed by atoms with Gasteiger partial charge in [0.25, 0.3) is 0 Å². The third kappa shape index (κ3) is 6.01. The molecule has 1 unspecified atom stereocenters. The molecule has 0 aromatic heterocycles. The second-order valence-electron chi connectivity index (χ2n) is 10.3. The zero-order chi connectivity index (χ0) is 29.8. The number of hydrogen-bond donors (Lipinski definition) is 4. The number of urea groups is 1. The molecule has 2 aliphatic heterocycles. The van der Waals surface area contributed by atoms with Crippen LogP contribution in [0.25, 0.3) is 0 Å². The molecule has 11 heteroatoms. The highest BCUT2D eigenvalue weighted by Crippen LogP contribution is 2.31. The summed E-state index contributed by atoms with van der Waals surface area (Å²) in [6, 6.07) is 18.8. The van der Waals surface area contributed by atoms with E-state index in [9.17, 15) is 29.7 Å². The number of carbonyl (C=O) groups excluding carboxylic acids is 3. The third-order valence-corrected chi connectivity index (χ3v) is 7.44. The maximum atomic E-state index is 14.0. The molecule has 0 aliphatic carbocycles. The van der Waals surface area contributed by atoms with Gasteiger partial charge in [-0.3, -0.25) is 9.59 Å². The van der Waals surface area contributed by atoms with Crippen LogP contribution in [0.3, 0.4) is 0 Å². The monoisotopic (exact) mass is 571 g/mol. The number of aromatic hydroxyl groups is 3. The lowest BCUT2D eigenvalue weighted by Gasteiger charge is -2.55. The molecular weight excluding hydrogens is 538 g/mol. The molecule has 2 aliphatic rings. The van der Waals surface area contributed by atoms with Crippen molar-refractivity contribution in [2.75, 3.05) is 19.6 Å². The van der Waals surface area contributed by atoms with Gasteiger partial charge in [-0.05, 0) is 41.0 Å². The predicted molar refractivity (Wildman–Crippen MR) is 154 cm³/mol. The van der Waals surface area contributed by atoms with Crippen molar-refractivity contribution in [2.24, 2.45) is 0 Å². The topological polar surface area (TPSA) is 137 Å². The number of piperazine rings is 1. The lowest BCUT2D eigenvalue weighted by atomic mass is 9.98. The van der Waals surface area contributed by atoms with Crippen molar-refractivity contribution in [3.8, 4) is 17.2 Å². The van der Waals surface area contributed by atoms with E-state index in [1.54, 1.807) is 34.2 Å². The second kappa shape index (κ2) is 12.2. The molecule has 0 radical (unpaired) electrons. The lowest BCUT2D eigenvalue weighted by Crippen LogP contribution is -2.76. The molecule has 2 heterocycles. The van der Waals surface area contributed by atoms with Crippen molar-refractivity contribution in [3.05, 3.63) is 102 Å². The Labute approximate surface area is 243 Å². The van der Waals surface area contributed by atoms with E-state index in [4.69, 9.17) is 0 Å². The van der Waals surface area contributed by atoms with Gasteiger partial charge in [0.2, 0.25) is 11.8 Å². The van der Waals surface area contributed by atoms with Gasteiger partial charge >= 0.3 is 6.03 Å². The van der Waals surface area contributed by atoms with Crippen molar-refractivity contribution in [1.82, 2.24) is 25.1 Å². The highest BCUT2D eigenvalue weighted by Gasteiger charge is 2.51. The summed E-state index contributed by atoms with van der Waals surface area (Å²) in [6.45, 7) is 4.28. The van der Waals surface area contributed by atoms with Crippen LogP contribution in [0.4, 0.5) is 4.79 Å². The number of hydrazine groups is 1. The molecule has 218 valence electrons. The quantitative estimate of drug-likeness (QED) is 0.241. The molecule has 11 nitrogen and oxygen atoms in total. The van der Waals surface area contributed by atoms with Gasteiger partial charge in [-0.25, -0.2) is 14.8 Å². The minimum atomic E-state index is -0.929. The zero-order valence-electron chi connectivity index (χ0n) is 23.0. The second-order valence-corrected chi connectivity index (χ2v) is 10.3. The maximum Gasteiger partial charge on any atom is 0.334 e. The highest BCUT2D eigenvalue weighted by molar-refractivity contribution is 5.91. The van der Waals surface area contributed by atoms with Gasteiger partial charge in [0.15, 0.2) is 11.5 Å². The Balaban J connectivity index is 1.50. The predicted octanol–water partition coefficient (Wildman–Crippen LogP) is 2.54. The summed E-state index contributed by atoms with van der Waals surface area (Å²) in [5.41, 5.74) is 2.21. The molecule has 4 N–H and O–H groups in total. The van der Waals surface area contributed by atoms with E-state index in [0.29, 0.717) is 5.56 Å². The van der Waals surface area contributed by atoms with Gasteiger partial charge in [-0.1, -0.05) is 54.6 Å². The number of phenolic OH excluding ortho intramolecular Hbond substituents is 3. The SMILES string of the molecule is C=CCN1CC(=O)N2C(CN(Cc3ccc(O)c(O)c3)C(=O)[C@@H]2Cc2ccc(O)cc2)N1C(=O)NCc1ccccc1.